The van der Waals surface area contributed by atoms with Gasteiger partial charge in [-0.2, -0.15) is 0 Å². The maximum atomic E-state index is 12.1. The number of amides is 1. The van der Waals surface area contributed by atoms with Crippen LogP contribution in [0.5, 0.6) is 5.75 Å². The Labute approximate surface area is 116 Å². The number of hydrogen-bond donors (Lipinski definition) is 2. The molecule has 0 fully saturated rings. The molecule has 0 saturated heterocycles. The number of carbonyl (C=O) groups is 1. The number of benzene rings is 3. The summed E-state index contributed by atoms with van der Waals surface area (Å²) in [5, 5.41) is 14.2. The Morgan fingerprint density at radius 1 is 0.850 bits per heavy atom. The lowest BCUT2D eigenvalue weighted by Gasteiger charge is -2.07. The van der Waals surface area contributed by atoms with Crippen molar-refractivity contribution in [2.75, 3.05) is 5.32 Å². The van der Waals surface area contributed by atoms with Crippen LogP contribution in [0, 0.1) is 0 Å². The molecule has 0 heterocycles. The monoisotopic (exact) mass is 263 g/mol. The fraction of sp³-hybridized carbons (Fsp3) is 0. The van der Waals surface area contributed by atoms with Crippen molar-refractivity contribution in [1.29, 1.82) is 0 Å². The Bertz CT molecular complexity index is 766. The third kappa shape index (κ3) is 2.47. The minimum Gasteiger partial charge on any atom is -0.508 e. The lowest BCUT2D eigenvalue weighted by Crippen LogP contribution is -2.11. The van der Waals surface area contributed by atoms with Crippen molar-refractivity contribution in [3.8, 4) is 5.75 Å². The molecule has 3 aromatic rings. The summed E-state index contributed by atoms with van der Waals surface area (Å²) < 4.78 is 0. The Balaban J connectivity index is 1.88. The van der Waals surface area contributed by atoms with Crippen LogP contribution in [-0.2, 0) is 0 Å². The van der Waals surface area contributed by atoms with Gasteiger partial charge in [0.1, 0.15) is 5.75 Å². The lowest BCUT2D eigenvalue weighted by molar-refractivity contribution is 0.102. The van der Waals surface area contributed by atoms with Gasteiger partial charge in [0.15, 0.2) is 0 Å². The summed E-state index contributed by atoms with van der Waals surface area (Å²) in [4.78, 5) is 12.1. The summed E-state index contributed by atoms with van der Waals surface area (Å²) in [6.07, 6.45) is 0. The SMILES string of the molecule is O=C(Nc1ccc2cc(O)ccc2c1)c1ccccc1. The Kier molecular flexibility index (Phi) is 3.09. The molecule has 3 nitrogen and oxygen atoms in total. The van der Waals surface area contributed by atoms with E-state index < -0.39 is 0 Å². The highest BCUT2D eigenvalue weighted by Gasteiger charge is 2.05. The molecule has 3 heteroatoms. The van der Waals surface area contributed by atoms with E-state index in [0.717, 1.165) is 16.5 Å². The van der Waals surface area contributed by atoms with Crippen molar-refractivity contribution in [2.45, 2.75) is 0 Å². The molecule has 3 rings (SSSR count). The molecule has 0 aliphatic heterocycles. The van der Waals surface area contributed by atoms with Crippen LogP contribution in [0.2, 0.25) is 0 Å². The van der Waals surface area contributed by atoms with Crippen LogP contribution in [0.25, 0.3) is 10.8 Å². The summed E-state index contributed by atoms with van der Waals surface area (Å²) in [5.41, 5.74) is 1.36. The molecule has 0 unspecified atom stereocenters. The van der Waals surface area contributed by atoms with Gasteiger partial charge < -0.3 is 10.4 Å². The first-order valence-electron chi connectivity index (χ1n) is 6.31. The topological polar surface area (TPSA) is 49.3 Å². The number of nitrogens with one attached hydrogen (secondary N) is 1. The molecule has 0 aliphatic carbocycles. The summed E-state index contributed by atoms with van der Waals surface area (Å²) in [6.45, 7) is 0. The van der Waals surface area contributed by atoms with Gasteiger partial charge in [-0.1, -0.05) is 30.3 Å². The zero-order chi connectivity index (χ0) is 13.9. The predicted octanol–water partition coefficient (Wildman–Crippen LogP) is 3.80. The van der Waals surface area contributed by atoms with E-state index in [0.29, 0.717) is 5.56 Å². The number of hydrogen-bond acceptors (Lipinski definition) is 2. The lowest BCUT2D eigenvalue weighted by atomic mass is 10.1. The van der Waals surface area contributed by atoms with E-state index in [1.807, 2.05) is 42.5 Å². The molecule has 3 aromatic carbocycles. The van der Waals surface area contributed by atoms with Gasteiger partial charge in [0.2, 0.25) is 0 Å². The minimum atomic E-state index is -0.135. The highest BCUT2D eigenvalue weighted by Crippen LogP contribution is 2.23. The highest BCUT2D eigenvalue weighted by atomic mass is 16.3. The van der Waals surface area contributed by atoms with E-state index in [4.69, 9.17) is 0 Å². The summed E-state index contributed by atoms with van der Waals surface area (Å²) in [7, 11) is 0. The molecule has 98 valence electrons. The van der Waals surface area contributed by atoms with Crippen LogP contribution >= 0.6 is 0 Å². The number of rotatable bonds is 2. The number of fused-ring (bicyclic) bond motifs is 1. The van der Waals surface area contributed by atoms with Crippen molar-refractivity contribution in [2.24, 2.45) is 0 Å². The number of phenolic OH excluding ortho intramolecular Hbond substituents is 1. The second-order valence-electron chi connectivity index (χ2n) is 4.57. The molecule has 1 amide bonds. The first-order chi connectivity index (χ1) is 9.72. The molecule has 0 spiro atoms. The second kappa shape index (κ2) is 5.05. The van der Waals surface area contributed by atoms with E-state index in [1.54, 1.807) is 24.3 Å². The van der Waals surface area contributed by atoms with Gasteiger partial charge in [-0.25, -0.2) is 0 Å². The van der Waals surface area contributed by atoms with Gasteiger partial charge in [0.05, 0.1) is 0 Å². The van der Waals surface area contributed by atoms with Crippen LogP contribution in [0.3, 0.4) is 0 Å². The first-order valence-corrected chi connectivity index (χ1v) is 6.31. The third-order valence-corrected chi connectivity index (χ3v) is 3.12. The van der Waals surface area contributed by atoms with Crippen molar-refractivity contribution < 1.29 is 9.90 Å². The normalized spacial score (nSPS) is 10.4. The molecule has 20 heavy (non-hydrogen) atoms. The molecule has 0 bridgehead atoms. The van der Waals surface area contributed by atoms with E-state index in [9.17, 15) is 9.90 Å². The Morgan fingerprint density at radius 2 is 1.55 bits per heavy atom. The Hall–Kier alpha value is -2.81. The maximum Gasteiger partial charge on any atom is 0.255 e. The van der Waals surface area contributed by atoms with Crippen molar-refractivity contribution >= 4 is 22.4 Å². The van der Waals surface area contributed by atoms with Crippen LogP contribution in [0.15, 0.2) is 66.7 Å². The number of carbonyl (C=O) groups excluding carboxylic acids is 1. The minimum absolute atomic E-state index is 0.135. The largest absolute Gasteiger partial charge is 0.508 e. The average Bonchev–Trinajstić information content (AvgIpc) is 2.48. The van der Waals surface area contributed by atoms with Gasteiger partial charge >= 0.3 is 0 Å². The zero-order valence-corrected chi connectivity index (χ0v) is 10.7. The first kappa shape index (κ1) is 12.2. The summed E-state index contributed by atoms with van der Waals surface area (Å²) in [6, 6.07) is 19.8. The molecular formula is C17H13NO2. The van der Waals surface area contributed by atoms with Gasteiger partial charge in [-0.05, 0) is 47.2 Å². The van der Waals surface area contributed by atoms with Gasteiger partial charge in [-0.3, -0.25) is 4.79 Å². The molecule has 0 aromatic heterocycles. The maximum absolute atomic E-state index is 12.1. The van der Waals surface area contributed by atoms with Crippen LogP contribution < -0.4 is 5.32 Å². The van der Waals surface area contributed by atoms with Crippen molar-refractivity contribution in [3.05, 3.63) is 72.3 Å². The van der Waals surface area contributed by atoms with E-state index in [2.05, 4.69) is 5.32 Å². The fourth-order valence-corrected chi connectivity index (χ4v) is 2.10. The molecule has 2 N–H and O–H groups in total. The smallest absolute Gasteiger partial charge is 0.255 e. The quantitative estimate of drug-likeness (QED) is 0.738. The number of phenols is 1. The second-order valence-corrected chi connectivity index (χ2v) is 4.57. The van der Waals surface area contributed by atoms with Gasteiger partial charge in [-0.15, -0.1) is 0 Å². The zero-order valence-electron chi connectivity index (χ0n) is 10.7. The Morgan fingerprint density at radius 3 is 2.35 bits per heavy atom. The highest BCUT2D eigenvalue weighted by molar-refractivity contribution is 6.05. The van der Waals surface area contributed by atoms with Crippen LogP contribution in [0.4, 0.5) is 5.69 Å². The molecule has 0 aliphatic rings. The molecule has 0 atom stereocenters. The number of aromatic hydroxyl groups is 1. The third-order valence-electron chi connectivity index (χ3n) is 3.12. The average molecular weight is 263 g/mol. The van der Waals surface area contributed by atoms with E-state index >= 15 is 0 Å². The fourth-order valence-electron chi connectivity index (χ4n) is 2.10. The predicted molar refractivity (Wildman–Crippen MR) is 80.0 cm³/mol. The number of anilines is 1. The van der Waals surface area contributed by atoms with Gasteiger partial charge in [0, 0.05) is 11.3 Å². The standard InChI is InChI=1S/C17H13NO2/c19-16-9-7-13-10-15(8-6-14(13)11-16)18-17(20)12-4-2-1-3-5-12/h1-11,19H,(H,18,20). The van der Waals surface area contributed by atoms with Crippen molar-refractivity contribution in [3.63, 3.8) is 0 Å². The van der Waals surface area contributed by atoms with Crippen LogP contribution in [0.1, 0.15) is 10.4 Å². The molecule has 0 radical (unpaired) electrons. The van der Waals surface area contributed by atoms with Crippen LogP contribution in [-0.4, -0.2) is 11.0 Å². The van der Waals surface area contributed by atoms with E-state index in [-0.39, 0.29) is 11.7 Å². The molecule has 0 saturated carbocycles. The molecular weight excluding hydrogens is 250 g/mol. The van der Waals surface area contributed by atoms with E-state index in [1.165, 1.54) is 0 Å². The van der Waals surface area contributed by atoms with Crippen molar-refractivity contribution in [1.82, 2.24) is 0 Å². The van der Waals surface area contributed by atoms with Gasteiger partial charge in [0.25, 0.3) is 5.91 Å². The summed E-state index contributed by atoms with van der Waals surface area (Å²) >= 11 is 0. The summed E-state index contributed by atoms with van der Waals surface area (Å²) in [5.74, 6) is 0.0994.